The molecule has 0 radical (unpaired) electrons. The maximum absolute atomic E-state index is 13.1. The van der Waals surface area contributed by atoms with Crippen LogP contribution in [0.25, 0.3) is 0 Å². The summed E-state index contributed by atoms with van der Waals surface area (Å²) in [5.41, 5.74) is 0.751. The van der Waals surface area contributed by atoms with Gasteiger partial charge in [0.25, 0.3) is 5.91 Å². The van der Waals surface area contributed by atoms with Crippen LogP contribution in [-0.4, -0.2) is 61.5 Å². The normalized spacial score (nSPS) is 16.7. The van der Waals surface area contributed by atoms with Crippen molar-refractivity contribution < 1.29 is 23.5 Å². The molecule has 2 heterocycles. The van der Waals surface area contributed by atoms with Gasteiger partial charge in [-0.25, -0.2) is 0 Å². The maximum Gasteiger partial charge on any atom is 0.290 e. The number of para-hydroxylation sites is 1. The van der Waals surface area contributed by atoms with Crippen molar-refractivity contribution >= 4 is 11.8 Å². The quantitative estimate of drug-likeness (QED) is 0.763. The summed E-state index contributed by atoms with van der Waals surface area (Å²) in [5.74, 6) is 1.35. The summed E-state index contributed by atoms with van der Waals surface area (Å²) in [6.07, 6.45) is 0.225. The molecule has 1 aromatic heterocycles. The van der Waals surface area contributed by atoms with E-state index in [1.165, 1.54) is 4.90 Å². The number of hydrogen-bond donors (Lipinski definition) is 0. The Balaban J connectivity index is 1.70. The molecule has 3 rings (SSSR count). The number of nitrogens with zero attached hydrogens (tertiary/aromatic N) is 2. The molecule has 0 saturated carbocycles. The predicted octanol–water partition coefficient (Wildman–Crippen LogP) is 2.49. The summed E-state index contributed by atoms with van der Waals surface area (Å²) in [5, 5.41) is 0. The Labute approximate surface area is 164 Å². The molecule has 0 N–H and O–H groups in total. The highest BCUT2D eigenvalue weighted by atomic mass is 16.5. The molecule has 1 aliphatic heterocycles. The molecule has 0 aliphatic carbocycles. The number of aryl methyl sites for hydroxylation is 1. The standard InChI is InChI=1S/C21H26N2O5/c1-15-11-18(14-27-17-7-5-4-6-8-17)28-20(15)21(25)23-9-10-26-13-16(23)12-19(24)22(2)3/h4-8,11,16H,9-10,12-14H2,1-3H3/t16-/m1/s1. The molecule has 7 heteroatoms. The Kier molecular flexibility index (Phi) is 6.36. The zero-order valence-electron chi connectivity index (χ0n) is 16.5. The summed E-state index contributed by atoms with van der Waals surface area (Å²) in [4.78, 5) is 28.4. The van der Waals surface area contributed by atoms with Crippen LogP contribution in [0.2, 0.25) is 0 Å². The number of amides is 2. The van der Waals surface area contributed by atoms with Gasteiger partial charge in [0, 0.05) is 32.6 Å². The topological polar surface area (TPSA) is 72.2 Å². The van der Waals surface area contributed by atoms with Gasteiger partial charge in [0.1, 0.15) is 18.1 Å². The first-order valence-corrected chi connectivity index (χ1v) is 9.31. The van der Waals surface area contributed by atoms with Crippen LogP contribution in [0.4, 0.5) is 0 Å². The van der Waals surface area contributed by atoms with E-state index in [1.807, 2.05) is 43.3 Å². The van der Waals surface area contributed by atoms with Crippen molar-refractivity contribution in [2.75, 3.05) is 33.9 Å². The number of ether oxygens (including phenoxy) is 2. The minimum atomic E-state index is -0.301. The van der Waals surface area contributed by atoms with Gasteiger partial charge in [0.15, 0.2) is 5.76 Å². The van der Waals surface area contributed by atoms with Gasteiger partial charge in [-0.2, -0.15) is 0 Å². The van der Waals surface area contributed by atoms with Crippen molar-refractivity contribution in [3.63, 3.8) is 0 Å². The Morgan fingerprint density at radius 1 is 1.25 bits per heavy atom. The lowest BCUT2D eigenvalue weighted by Crippen LogP contribution is -2.50. The summed E-state index contributed by atoms with van der Waals surface area (Å²) in [6, 6.07) is 10.9. The minimum Gasteiger partial charge on any atom is -0.486 e. The molecule has 1 fully saturated rings. The molecule has 1 aliphatic rings. The van der Waals surface area contributed by atoms with Crippen LogP contribution in [0.3, 0.4) is 0 Å². The summed E-state index contributed by atoms with van der Waals surface area (Å²) >= 11 is 0. The highest BCUT2D eigenvalue weighted by molar-refractivity contribution is 5.93. The van der Waals surface area contributed by atoms with Gasteiger partial charge in [-0.15, -0.1) is 0 Å². The lowest BCUT2D eigenvalue weighted by atomic mass is 10.1. The maximum atomic E-state index is 13.1. The van der Waals surface area contributed by atoms with Crippen LogP contribution >= 0.6 is 0 Å². The third-order valence-corrected chi connectivity index (χ3v) is 4.68. The van der Waals surface area contributed by atoms with E-state index in [2.05, 4.69) is 0 Å². The lowest BCUT2D eigenvalue weighted by molar-refractivity contribution is -0.131. The SMILES string of the molecule is Cc1cc(COc2ccccc2)oc1C(=O)N1CCOC[C@H]1CC(=O)N(C)C. The van der Waals surface area contributed by atoms with Gasteiger partial charge >= 0.3 is 0 Å². The van der Waals surface area contributed by atoms with Crippen LogP contribution in [0.5, 0.6) is 5.75 Å². The van der Waals surface area contributed by atoms with E-state index in [0.717, 1.165) is 11.3 Å². The van der Waals surface area contributed by atoms with Gasteiger partial charge in [-0.05, 0) is 25.1 Å². The van der Waals surface area contributed by atoms with E-state index in [-0.39, 0.29) is 36.6 Å². The molecule has 28 heavy (non-hydrogen) atoms. The van der Waals surface area contributed by atoms with Crippen LogP contribution in [-0.2, 0) is 16.1 Å². The minimum absolute atomic E-state index is 0.0404. The molecule has 1 aromatic carbocycles. The Morgan fingerprint density at radius 2 is 2.00 bits per heavy atom. The fourth-order valence-electron chi connectivity index (χ4n) is 3.11. The molecule has 150 valence electrons. The highest BCUT2D eigenvalue weighted by Crippen LogP contribution is 2.22. The van der Waals surface area contributed by atoms with E-state index < -0.39 is 0 Å². The number of benzene rings is 1. The fraction of sp³-hybridized carbons (Fsp3) is 0.429. The summed E-state index contributed by atoms with van der Waals surface area (Å²) < 4.78 is 17.0. The second-order valence-electron chi connectivity index (χ2n) is 7.05. The molecular weight excluding hydrogens is 360 g/mol. The Hall–Kier alpha value is -2.80. The predicted molar refractivity (Wildman–Crippen MR) is 103 cm³/mol. The second-order valence-corrected chi connectivity index (χ2v) is 7.05. The van der Waals surface area contributed by atoms with Crippen molar-refractivity contribution in [3.05, 3.63) is 53.5 Å². The van der Waals surface area contributed by atoms with Gasteiger partial charge in [-0.3, -0.25) is 9.59 Å². The van der Waals surface area contributed by atoms with Crippen LogP contribution < -0.4 is 4.74 Å². The molecule has 0 spiro atoms. The average molecular weight is 386 g/mol. The van der Waals surface area contributed by atoms with Crippen molar-refractivity contribution in [2.24, 2.45) is 0 Å². The molecule has 1 atom stereocenters. The number of carbonyl (C=O) groups excluding carboxylic acids is 2. The van der Waals surface area contributed by atoms with Crippen LogP contribution in [0.1, 0.15) is 28.3 Å². The number of rotatable bonds is 6. The Morgan fingerprint density at radius 3 is 2.71 bits per heavy atom. The highest BCUT2D eigenvalue weighted by Gasteiger charge is 2.32. The zero-order chi connectivity index (χ0) is 20.1. The summed E-state index contributed by atoms with van der Waals surface area (Å²) in [6.45, 7) is 3.30. The number of morpholine rings is 1. The van der Waals surface area contributed by atoms with E-state index in [4.69, 9.17) is 13.9 Å². The molecule has 7 nitrogen and oxygen atoms in total. The molecule has 0 bridgehead atoms. The largest absolute Gasteiger partial charge is 0.486 e. The monoisotopic (exact) mass is 386 g/mol. The second kappa shape index (κ2) is 8.93. The third-order valence-electron chi connectivity index (χ3n) is 4.68. The molecular formula is C21H26N2O5. The first kappa shape index (κ1) is 19.9. The average Bonchev–Trinajstić information content (AvgIpc) is 3.07. The van der Waals surface area contributed by atoms with Crippen molar-refractivity contribution in [1.29, 1.82) is 0 Å². The molecule has 0 unspecified atom stereocenters. The Bertz CT molecular complexity index is 815. The van der Waals surface area contributed by atoms with Gasteiger partial charge < -0.3 is 23.7 Å². The van der Waals surface area contributed by atoms with Crippen LogP contribution in [0.15, 0.2) is 40.8 Å². The van der Waals surface area contributed by atoms with E-state index in [1.54, 1.807) is 19.0 Å². The van der Waals surface area contributed by atoms with E-state index >= 15 is 0 Å². The van der Waals surface area contributed by atoms with Gasteiger partial charge in [0.2, 0.25) is 5.91 Å². The number of furan rings is 1. The smallest absolute Gasteiger partial charge is 0.290 e. The van der Waals surface area contributed by atoms with Crippen LogP contribution in [0, 0.1) is 6.92 Å². The van der Waals surface area contributed by atoms with Crippen molar-refractivity contribution in [1.82, 2.24) is 9.80 Å². The molecule has 2 amide bonds. The lowest BCUT2D eigenvalue weighted by Gasteiger charge is -2.35. The fourth-order valence-corrected chi connectivity index (χ4v) is 3.11. The van der Waals surface area contributed by atoms with Gasteiger partial charge in [-0.1, -0.05) is 18.2 Å². The zero-order valence-corrected chi connectivity index (χ0v) is 16.5. The first-order valence-electron chi connectivity index (χ1n) is 9.31. The van der Waals surface area contributed by atoms with E-state index in [9.17, 15) is 9.59 Å². The molecule has 2 aromatic rings. The van der Waals surface area contributed by atoms with Gasteiger partial charge in [0.05, 0.1) is 19.3 Å². The molecule has 1 saturated heterocycles. The summed E-state index contributed by atoms with van der Waals surface area (Å²) in [7, 11) is 3.40. The third kappa shape index (κ3) is 4.72. The number of carbonyl (C=O) groups is 2. The van der Waals surface area contributed by atoms with Crippen molar-refractivity contribution in [3.8, 4) is 5.75 Å². The van der Waals surface area contributed by atoms with E-state index in [0.29, 0.717) is 25.5 Å². The number of hydrogen-bond acceptors (Lipinski definition) is 5. The first-order chi connectivity index (χ1) is 13.5. The van der Waals surface area contributed by atoms with Crippen molar-refractivity contribution in [2.45, 2.75) is 26.0 Å².